The summed E-state index contributed by atoms with van der Waals surface area (Å²) in [7, 11) is 0. The first-order chi connectivity index (χ1) is 9.76. The third kappa shape index (κ3) is 2.67. The van der Waals surface area contributed by atoms with E-state index >= 15 is 0 Å². The minimum atomic E-state index is -0.0154. The largest absolute Gasteiger partial charge is 0.347 e. The van der Waals surface area contributed by atoms with Crippen LogP contribution >= 0.6 is 11.3 Å². The molecule has 1 amide bonds. The van der Waals surface area contributed by atoms with Crippen LogP contribution in [0.1, 0.15) is 28.1 Å². The van der Waals surface area contributed by atoms with Gasteiger partial charge in [-0.2, -0.15) is 5.26 Å². The Morgan fingerprint density at radius 2 is 2.35 bits per heavy atom. The second-order valence-corrected chi connectivity index (χ2v) is 6.08. The summed E-state index contributed by atoms with van der Waals surface area (Å²) in [6.07, 6.45) is 2.13. The van der Waals surface area contributed by atoms with Gasteiger partial charge in [-0.15, -0.1) is 11.3 Å². The predicted molar refractivity (Wildman–Crippen MR) is 79.9 cm³/mol. The van der Waals surface area contributed by atoms with Crippen LogP contribution in [0.2, 0.25) is 0 Å². The van der Waals surface area contributed by atoms with E-state index in [1.807, 2.05) is 18.2 Å². The molecule has 0 aliphatic carbocycles. The topological polar surface area (TPSA) is 64.9 Å². The molecule has 1 aliphatic rings. The number of benzene rings is 1. The van der Waals surface area contributed by atoms with Gasteiger partial charge in [-0.1, -0.05) is 6.07 Å². The van der Waals surface area contributed by atoms with Crippen LogP contribution in [0.15, 0.2) is 24.3 Å². The average Bonchev–Trinajstić information content (AvgIpc) is 2.91. The van der Waals surface area contributed by atoms with Crippen LogP contribution in [0.25, 0.3) is 10.1 Å². The molecular formula is C15H15N3OS. The average molecular weight is 285 g/mol. The van der Waals surface area contributed by atoms with Crippen molar-refractivity contribution in [2.75, 3.05) is 13.1 Å². The molecule has 1 aromatic heterocycles. The van der Waals surface area contributed by atoms with Gasteiger partial charge in [-0.05, 0) is 43.0 Å². The molecule has 3 rings (SSSR count). The quantitative estimate of drug-likeness (QED) is 0.889. The number of nitrogens with zero attached hydrogens (tertiary/aromatic N) is 1. The molecule has 1 unspecified atom stereocenters. The smallest absolute Gasteiger partial charge is 0.261 e. The van der Waals surface area contributed by atoms with Crippen LogP contribution in [0.3, 0.4) is 0 Å². The first-order valence-electron chi connectivity index (χ1n) is 6.71. The Hall–Kier alpha value is -1.90. The van der Waals surface area contributed by atoms with Crippen molar-refractivity contribution >= 4 is 27.3 Å². The summed E-state index contributed by atoms with van der Waals surface area (Å²) < 4.78 is 0.982. The van der Waals surface area contributed by atoms with Gasteiger partial charge < -0.3 is 10.6 Å². The SMILES string of the molecule is N#Cc1ccc2cc(C(=O)NC3CCCNC3)sc2c1. The van der Waals surface area contributed by atoms with Gasteiger partial charge in [0.25, 0.3) is 5.91 Å². The number of amides is 1. The van der Waals surface area contributed by atoms with Gasteiger partial charge in [0.15, 0.2) is 0 Å². The Balaban J connectivity index is 1.79. The zero-order valence-corrected chi connectivity index (χ0v) is 11.8. The maximum Gasteiger partial charge on any atom is 0.261 e. The van der Waals surface area contributed by atoms with E-state index in [9.17, 15) is 4.79 Å². The van der Waals surface area contributed by atoms with Crippen LogP contribution in [0.4, 0.5) is 0 Å². The molecule has 1 aromatic carbocycles. The monoisotopic (exact) mass is 285 g/mol. The summed E-state index contributed by atoms with van der Waals surface area (Å²) in [5, 5.41) is 16.3. The molecule has 1 saturated heterocycles. The Bertz CT molecular complexity index is 680. The second kappa shape index (κ2) is 5.61. The zero-order chi connectivity index (χ0) is 13.9. The van der Waals surface area contributed by atoms with Gasteiger partial charge in [-0.3, -0.25) is 4.79 Å². The third-order valence-electron chi connectivity index (χ3n) is 3.51. The molecule has 0 spiro atoms. The number of carbonyl (C=O) groups is 1. The molecule has 0 bridgehead atoms. The molecule has 4 nitrogen and oxygen atoms in total. The van der Waals surface area contributed by atoms with E-state index in [2.05, 4.69) is 16.7 Å². The molecule has 20 heavy (non-hydrogen) atoms. The minimum Gasteiger partial charge on any atom is -0.347 e. The van der Waals surface area contributed by atoms with E-state index in [1.54, 1.807) is 6.07 Å². The number of nitrogens with one attached hydrogen (secondary N) is 2. The number of thiophene rings is 1. The lowest BCUT2D eigenvalue weighted by molar-refractivity contribution is 0.0935. The Kier molecular flexibility index (Phi) is 3.68. The van der Waals surface area contributed by atoms with Crippen molar-refractivity contribution in [3.8, 4) is 6.07 Å². The highest BCUT2D eigenvalue weighted by molar-refractivity contribution is 7.20. The van der Waals surface area contributed by atoms with Crippen molar-refractivity contribution in [2.45, 2.75) is 18.9 Å². The lowest BCUT2D eigenvalue weighted by Gasteiger charge is -2.23. The number of hydrogen-bond donors (Lipinski definition) is 2. The molecule has 1 aliphatic heterocycles. The first-order valence-corrected chi connectivity index (χ1v) is 7.53. The van der Waals surface area contributed by atoms with E-state index in [0.29, 0.717) is 10.4 Å². The lowest BCUT2D eigenvalue weighted by Crippen LogP contribution is -2.45. The molecule has 102 valence electrons. The first kappa shape index (κ1) is 13.1. The highest BCUT2D eigenvalue weighted by Crippen LogP contribution is 2.26. The molecule has 2 N–H and O–H groups in total. The zero-order valence-electron chi connectivity index (χ0n) is 11.0. The molecule has 2 aromatic rings. The van der Waals surface area contributed by atoms with E-state index in [-0.39, 0.29) is 11.9 Å². The second-order valence-electron chi connectivity index (χ2n) is 4.99. The summed E-state index contributed by atoms with van der Waals surface area (Å²) in [4.78, 5) is 13.0. The molecular weight excluding hydrogens is 270 g/mol. The third-order valence-corrected chi connectivity index (χ3v) is 4.60. The number of hydrogen-bond acceptors (Lipinski definition) is 4. The van der Waals surface area contributed by atoms with Crippen LogP contribution in [0.5, 0.6) is 0 Å². The Morgan fingerprint density at radius 1 is 1.45 bits per heavy atom. The van der Waals surface area contributed by atoms with Gasteiger partial charge in [0, 0.05) is 17.3 Å². The maximum absolute atomic E-state index is 12.2. The van der Waals surface area contributed by atoms with Crippen LogP contribution in [-0.4, -0.2) is 25.0 Å². The van der Waals surface area contributed by atoms with Gasteiger partial charge in [0.2, 0.25) is 0 Å². The standard InChI is InChI=1S/C15H15N3OS/c16-8-10-3-4-11-7-14(20-13(11)6-10)15(19)18-12-2-1-5-17-9-12/h3-4,6-7,12,17H,1-2,5,9H2,(H,18,19). The van der Waals surface area contributed by atoms with E-state index in [0.717, 1.165) is 36.0 Å². The molecule has 1 atom stereocenters. The Morgan fingerprint density at radius 3 is 3.10 bits per heavy atom. The van der Waals surface area contributed by atoms with E-state index < -0.39 is 0 Å². The van der Waals surface area contributed by atoms with Gasteiger partial charge >= 0.3 is 0 Å². The van der Waals surface area contributed by atoms with E-state index in [1.165, 1.54) is 11.3 Å². The Labute approximate surface area is 121 Å². The minimum absolute atomic E-state index is 0.0154. The predicted octanol–water partition coefficient (Wildman–Crippen LogP) is 2.25. The van der Waals surface area contributed by atoms with Crippen molar-refractivity contribution in [1.82, 2.24) is 10.6 Å². The van der Waals surface area contributed by atoms with Gasteiger partial charge in [0.05, 0.1) is 16.5 Å². The molecule has 0 radical (unpaired) electrons. The summed E-state index contributed by atoms with van der Waals surface area (Å²) in [6.45, 7) is 1.88. The van der Waals surface area contributed by atoms with Crippen molar-refractivity contribution in [3.05, 3.63) is 34.7 Å². The highest BCUT2D eigenvalue weighted by Gasteiger charge is 2.17. The van der Waals surface area contributed by atoms with Crippen LogP contribution in [0, 0.1) is 11.3 Å². The fourth-order valence-electron chi connectivity index (χ4n) is 2.44. The maximum atomic E-state index is 12.2. The summed E-state index contributed by atoms with van der Waals surface area (Å²) in [5.41, 5.74) is 0.628. The molecule has 2 heterocycles. The van der Waals surface area contributed by atoms with Crippen molar-refractivity contribution in [2.24, 2.45) is 0 Å². The van der Waals surface area contributed by atoms with Crippen molar-refractivity contribution in [1.29, 1.82) is 5.26 Å². The summed E-state index contributed by atoms with van der Waals surface area (Å²) in [5.74, 6) is -0.0154. The van der Waals surface area contributed by atoms with Crippen molar-refractivity contribution < 1.29 is 4.79 Å². The highest BCUT2D eigenvalue weighted by atomic mass is 32.1. The molecule has 1 fully saturated rings. The van der Waals surface area contributed by atoms with Crippen molar-refractivity contribution in [3.63, 3.8) is 0 Å². The number of nitriles is 1. The fraction of sp³-hybridized carbons (Fsp3) is 0.333. The van der Waals surface area contributed by atoms with Crippen LogP contribution in [-0.2, 0) is 0 Å². The summed E-state index contributed by atoms with van der Waals surface area (Å²) >= 11 is 1.44. The molecule has 0 saturated carbocycles. The number of fused-ring (bicyclic) bond motifs is 1. The van der Waals surface area contributed by atoms with E-state index in [4.69, 9.17) is 5.26 Å². The number of carbonyl (C=O) groups excluding carboxylic acids is 1. The number of rotatable bonds is 2. The van der Waals surface area contributed by atoms with Crippen LogP contribution < -0.4 is 10.6 Å². The normalized spacial score (nSPS) is 18.6. The number of piperidine rings is 1. The summed E-state index contributed by atoms with van der Waals surface area (Å²) in [6, 6.07) is 9.74. The molecule has 5 heteroatoms. The van der Waals surface area contributed by atoms with Gasteiger partial charge in [0.1, 0.15) is 0 Å². The fourth-order valence-corrected chi connectivity index (χ4v) is 3.45. The van der Waals surface area contributed by atoms with Gasteiger partial charge in [-0.25, -0.2) is 0 Å². The lowest BCUT2D eigenvalue weighted by atomic mass is 10.1.